The van der Waals surface area contributed by atoms with Gasteiger partial charge < -0.3 is 10.1 Å². The molecule has 0 bridgehead atoms. The lowest BCUT2D eigenvalue weighted by Crippen LogP contribution is -2.48. The van der Waals surface area contributed by atoms with Gasteiger partial charge >= 0.3 is 0 Å². The van der Waals surface area contributed by atoms with Crippen molar-refractivity contribution in [1.82, 2.24) is 5.32 Å². The number of methoxy groups -OCH3 is 1. The van der Waals surface area contributed by atoms with Crippen molar-refractivity contribution in [3.8, 4) is 5.75 Å². The quantitative estimate of drug-likeness (QED) is 0.648. The molecule has 1 unspecified atom stereocenters. The molecule has 8 heteroatoms. The van der Waals surface area contributed by atoms with Crippen molar-refractivity contribution in [3.05, 3.63) is 59.9 Å². The lowest BCUT2D eigenvalue weighted by molar-refractivity contribution is -0.121. The van der Waals surface area contributed by atoms with E-state index in [2.05, 4.69) is 5.32 Å². The van der Waals surface area contributed by atoms with E-state index in [1.165, 1.54) is 25.1 Å². The second-order valence-electron chi connectivity index (χ2n) is 6.39. The van der Waals surface area contributed by atoms with Crippen LogP contribution in [0.4, 0.5) is 10.1 Å². The van der Waals surface area contributed by atoms with Gasteiger partial charge in [-0.3, -0.25) is 9.10 Å². The van der Waals surface area contributed by atoms with Gasteiger partial charge in [0.05, 0.1) is 19.1 Å². The number of hydrogen-bond donors (Lipinski definition) is 1. The highest BCUT2D eigenvalue weighted by atomic mass is 32.2. The number of anilines is 1. The number of benzene rings is 2. The Morgan fingerprint density at radius 1 is 1.18 bits per heavy atom. The number of halogens is 1. The molecule has 0 aliphatic heterocycles. The fourth-order valence-electron chi connectivity index (χ4n) is 2.96. The van der Waals surface area contributed by atoms with Crippen molar-refractivity contribution in [2.45, 2.75) is 25.8 Å². The van der Waals surface area contributed by atoms with Gasteiger partial charge in [0.25, 0.3) is 0 Å². The number of ether oxygens (including phenoxy) is 1. The molecule has 1 N–H and O–H groups in total. The van der Waals surface area contributed by atoms with Crippen molar-refractivity contribution in [3.63, 3.8) is 0 Å². The first-order valence-electron chi connectivity index (χ1n) is 8.89. The molecule has 28 heavy (non-hydrogen) atoms. The second-order valence-corrected chi connectivity index (χ2v) is 8.25. The van der Waals surface area contributed by atoms with Crippen LogP contribution >= 0.6 is 0 Å². The number of carbonyl (C=O) groups excluding carboxylic acids is 1. The minimum absolute atomic E-state index is 0.151. The fraction of sp³-hybridized carbons (Fsp3) is 0.350. The molecule has 2 aromatic rings. The highest BCUT2D eigenvalue weighted by Gasteiger charge is 2.30. The number of nitrogens with zero attached hydrogens (tertiary/aromatic N) is 1. The Kier molecular flexibility index (Phi) is 7.39. The third-order valence-electron chi connectivity index (χ3n) is 4.29. The van der Waals surface area contributed by atoms with E-state index in [1.807, 2.05) is 24.3 Å². The number of para-hydroxylation sites is 2. The summed E-state index contributed by atoms with van der Waals surface area (Å²) in [6.07, 6.45) is 2.30. The average molecular weight is 408 g/mol. The molecular weight excluding hydrogens is 383 g/mol. The Labute approximate surface area is 165 Å². The summed E-state index contributed by atoms with van der Waals surface area (Å²) < 4.78 is 44.6. The standard InChI is InChI=1S/C20H25FN2O4S/c1-15(23(28(3,25)26)18-12-6-5-11-17(18)21)20(24)22-14-8-10-16-9-4-7-13-19(16)27-2/h4-7,9,11-13,15H,8,10,14H2,1-3H3,(H,22,24). The zero-order valence-corrected chi connectivity index (χ0v) is 17.0. The molecule has 0 fully saturated rings. The topological polar surface area (TPSA) is 75.7 Å². The summed E-state index contributed by atoms with van der Waals surface area (Å²) in [7, 11) is -2.25. The summed E-state index contributed by atoms with van der Waals surface area (Å²) in [4.78, 5) is 12.5. The Balaban J connectivity index is 2.01. The Morgan fingerprint density at radius 3 is 2.46 bits per heavy atom. The number of hydrogen-bond acceptors (Lipinski definition) is 4. The maximum absolute atomic E-state index is 14.1. The van der Waals surface area contributed by atoms with E-state index < -0.39 is 27.8 Å². The average Bonchev–Trinajstić information content (AvgIpc) is 2.66. The van der Waals surface area contributed by atoms with Crippen LogP contribution in [-0.4, -0.2) is 40.3 Å². The zero-order chi connectivity index (χ0) is 20.7. The van der Waals surface area contributed by atoms with Gasteiger partial charge in [-0.2, -0.15) is 0 Å². The number of aryl methyl sites for hydroxylation is 1. The fourth-order valence-corrected chi connectivity index (χ4v) is 4.13. The number of amides is 1. The molecule has 6 nitrogen and oxygen atoms in total. The third-order valence-corrected chi connectivity index (χ3v) is 5.52. The zero-order valence-electron chi connectivity index (χ0n) is 16.2. The molecule has 0 spiro atoms. The van der Waals surface area contributed by atoms with Crippen molar-refractivity contribution in [1.29, 1.82) is 0 Å². The summed E-state index contributed by atoms with van der Waals surface area (Å²) in [5.41, 5.74) is 0.873. The van der Waals surface area contributed by atoms with Crippen LogP contribution in [0.3, 0.4) is 0 Å². The van der Waals surface area contributed by atoms with Crippen molar-refractivity contribution in [2.75, 3.05) is 24.2 Å². The van der Waals surface area contributed by atoms with Crippen LogP contribution in [0.1, 0.15) is 18.9 Å². The SMILES string of the molecule is COc1ccccc1CCCNC(=O)C(C)N(c1ccccc1F)S(C)(=O)=O. The second kappa shape index (κ2) is 9.54. The normalized spacial score (nSPS) is 12.3. The Morgan fingerprint density at radius 2 is 1.82 bits per heavy atom. The molecule has 152 valence electrons. The van der Waals surface area contributed by atoms with Crippen LogP contribution in [-0.2, 0) is 21.2 Å². The van der Waals surface area contributed by atoms with Gasteiger partial charge in [0, 0.05) is 6.54 Å². The third kappa shape index (κ3) is 5.45. The molecule has 0 aliphatic carbocycles. The molecular formula is C20H25FN2O4S. The molecule has 1 amide bonds. The highest BCUT2D eigenvalue weighted by molar-refractivity contribution is 7.92. The number of nitrogens with one attached hydrogen (secondary N) is 1. The predicted octanol–water partition coefficient (Wildman–Crippen LogP) is 2.74. The summed E-state index contributed by atoms with van der Waals surface area (Å²) in [6.45, 7) is 1.79. The van der Waals surface area contributed by atoms with Gasteiger partial charge in [-0.15, -0.1) is 0 Å². The largest absolute Gasteiger partial charge is 0.496 e. The maximum atomic E-state index is 14.1. The van der Waals surface area contributed by atoms with E-state index in [0.29, 0.717) is 19.4 Å². The van der Waals surface area contributed by atoms with E-state index in [1.54, 1.807) is 7.11 Å². The van der Waals surface area contributed by atoms with Gasteiger partial charge in [0.15, 0.2) is 0 Å². The van der Waals surface area contributed by atoms with E-state index in [4.69, 9.17) is 4.74 Å². The van der Waals surface area contributed by atoms with E-state index in [0.717, 1.165) is 27.9 Å². The summed E-state index contributed by atoms with van der Waals surface area (Å²) >= 11 is 0. The summed E-state index contributed by atoms with van der Waals surface area (Å²) in [6, 6.07) is 12.0. The molecule has 0 aliphatic rings. The molecule has 0 radical (unpaired) electrons. The maximum Gasteiger partial charge on any atom is 0.243 e. The smallest absolute Gasteiger partial charge is 0.243 e. The first kappa shape index (κ1) is 21.7. The number of rotatable bonds is 9. The predicted molar refractivity (Wildman–Crippen MR) is 108 cm³/mol. The number of carbonyl (C=O) groups is 1. The molecule has 0 saturated carbocycles. The minimum Gasteiger partial charge on any atom is -0.496 e. The first-order valence-corrected chi connectivity index (χ1v) is 10.7. The van der Waals surface area contributed by atoms with Crippen LogP contribution in [0.5, 0.6) is 5.75 Å². The van der Waals surface area contributed by atoms with Crippen LogP contribution in [0.15, 0.2) is 48.5 Å². The van der Waals surface area contributed by atoms with Gasteiger partial charge in [0.1, 0.15) is 17.6 Å². The van der Waals surface area contributed by atoms with Crippen LogP contribution in [0.2, 0.25) is 0 Å². The Hall–Kier alpha value is -2.61. The monoisotopic (exact) mass is 408 g/mol. The molecule has 0 aromatic heterocycles. The van der Waals surface area contributed by atoms with E-state index in [9.17, 15) is 17.6 Å². The molecule has 0 heterocycles. The number of sulfonamides is 1. The van der Waals surface area contributed by atoms with Crippen LogP contribution in [0.25, 0.3) is 0 Å². The van der Waals surface area contributed by atoms with Crippen LogP contribution < -0.4 is 14.4 Å². The van der Waals surface area contributed by atoms with E-state index >= 15 is 0 Å². The first-order chi connectivity index (χ1) is 13.3. The minimum atomic E-state index is -3.85. The summed E-state index contributed by atoms with van der Waals surface area (Å²) in [5, 5.41) is 2.72. The molecule has 0 saturated heterocycles. The van der Waals surface area contributed by atoms with E-state index in [-0.39, 0.29) is 5.69 Å². The lowest BCUT2D eigenvalue weighted by Gasteiger charge is -2.28. The van der Waals surface area contributed by atoms with Gasteiger partial charge in [-0.1, -0.05) is 30.3 Å². The van der Waals surface area contributed by atoms with Gasteiger partial charge in [-0.05, 0) is 43.5 Å². The van der Waals surface area contributed by atoms with Crippen molar-refractivity contribution < 1.29 is 22.3 Å². The van der Waals surface area contributed by atoms with Gasteiger partial charge in [0.2, 0.25) is 15.9 Å². The van der Waals surface area contributed by atoms with Crippen LogP contribution in [0, 0.1) is 5.82 Å². The molecule has 1 atom stereocenters. The van der Waals surface area contributed by atoms with Crippen molar-refractivity contribution in [2.24, 2.45) is 0 Å². The molecule has 2 rings (SSSR count). The van der Waals surface area contributed by atoms with Crippen molar-refractivity contribution >= 4 is 21.6 Å². The lowest BCUT2D eigenvalue weighted by atomic mass is 10.1. The molecule has 2 aromatic carbocycles. The van der Waals surface area contributed by atoms with Gasteiger partial charge in [-0.25, -0.2) is 12.8 Å². The Bertz CT molecular complexity index is 918. The highest BCUT2D eigenvalue weighted by Crippen LogP contribution is 2.24. The summed E-state index contributed by atoms with van der Waals surface area (Å²) in [5.74, 6) is -0.414.